The Morgan fingerprint density at radius 1 is 1.56 bits per heavy atom. The number of oxazole rings is 1. The lowest BCUT2D eigenvalue weighted by molar-refractivity contribution is 0.337. The summed E-state index contributed by atoms with van der Waals surface area (Å²) in [5.41, 5.74) is 1.23. The predicted molar refractivity (Wildman–Crippen MR) is 68.5 cm³/mol. The summed E-state index contributed by atoms with van der Waals surface area (Å²) in [5.74, 6) is 0.354. The lowest BCUT2D eigenvalue weighted by atomic mass is 9.96. The highest BCUT2D eigenvalue weighted by molar-refractivity contribution is 5.67. The molecule has 18 heavy (non-hydrogen) atoms. The van der Waals surface area contributed by atoms with E-state index in [1.807, 2.05) is 0 Å². The molecule has 0 spiro atoms. The molecule has 0 radical (unpaired) electrons. The van der Waals surface area contributed by atoms with Crippen LogP contribution in [0.4, 0.5) is 0 Å². The van der Waals surface area contributed by atoms with Gasteiger partial charge in [0.05, 0.1) is 0 Å². The van der Waals surface area contributed by atoms with E-state index in [1.54, 1.807) is 22.9 Å². The third kappa shape index (κ3) is 2.18. The highest BCUT2D eigenvalue weighted by Gasteiger charge is 2.15. The number of pyridine rings is 1. The van der Waals surface area contributed by atoms with Gasteiger partial charge in [-0.1, -0.05) is 0 Å². The largest absolute Gasteiger partial charge is 0.421 e. The number of hydrogen-bond acceptors (Lipinski definition) is 4. The Bertz CT molecular complexity index is 581. The molecule has 0 aromatic carbocycles. The Labute approximate surface area is 105 Å². The molecule has 0 aliphatic carbocycles. The zero-order chi connectivity index (χ0) is 12.4. The fraction of sp³-hybridized carbons (Fsp3) is 0.538. The molecule has 5 nitrogen and oxygen atoms in total. The number of hydrogen-bond donors (Lipinski definition) is 1. The molecule has 5 heteroatoms. The maximum atomic E-state index is 11.8. The van der Waals surface area contributed by atoms with Crippen LogP contribution in [0.25, 0.3) is 11.2 Å². The number of rotatable bonds is 3. The van der Waals surface area contributed by atoms with Gasteiger partial charge >= 0.3 is 5.76 Å². The number of aryl methyl sites for hydroxylation is 1. The monoisotopic (exact) mass is 247 g/mol. The van der Waals surface area contributed by atoms with E-state index in [0.717, 1.165) is 19.5 Å². The number of nitrogens with zero attached hydrogens (tertiary/aromatic N) is 2. The zero-order valence-electron chi connectivity index (χ0n) is 10.3. The maximum Gasteiger partial charge on any atom is 0.421 e. The molecular formula is C13H17N3O2. The topological polar surface area (TPSA) is 60.1 Å². The van der Waals surface area contributed by atoms with Crippen molar-refractivity contribution in [3.8, 4) is 0 Å². The summed E-state index contributed by atoms with van der Waals surface area (Å²) in [7, 11) is 0. The van der Waals surface area contributed by atoms with Crippen LogP contribution in [0.3, 0.4) is 0 Å². The van der Waals surface area contributed by atoms with Gasteiger partial charge in [0, 0.05) is 12.7 Å². The highest BCUT2D eigenvalue weighted by Crippen LogP contribution is 2.16. The van der Waals surface area contributed by atoms with Crippen LogP contribution in [0.15, 0.2) is 27.5 Å². The number of piperidine rings is 1. The summed E-state index contributed by atoms with van der Waals surface area (Å²) in [6, 6.07) is 3.56. The molecule has 1 atom stereocenters. The second-order valence-electron chi connectivity index (χ2n) is 4.85. The minimum Gasteiger partial charge on any atom is -0.406 e. The van der Waals surface area contributed by atoms with Gasteiger partial charge in [0.25, 0.3) is 0 Å². The van der Waals surface area contributed by atoms with Gasteiger partial charge in [-0.3, -0.25) is 4.57 Å². The molecule has 1 fully saturated rings. The van der Waals surface area contributed by atoms with Crippen molar-refractivity contribution in [2.24, 2.45) is 5.92 Å². The van der Waals surface area contributed by atoms with Gasteiger partial charge in [-0.15, -0.1) is 0 Å². The molecule has 0 bridgehead atoms. The molecule has 0 saturated carbocycles. The SMILES string of the molecule is O=c1oc2cccnc2n1CCC1CCCNC1. The molecule has 2 aromatic heterocycles. The molecule has 1 saturated heterocycles. The van der Waals surface area contributed by atoms with Gasteiger partial charge in [0.1, 0.15) is 0 Å². The van der Waals surface area contributed by atoms with Crippen LogP contribution in [0, 0.1) is 5.92 Å². The Kier molecular flexibility index (Phi) is 3.15. The quantitative estimate of drug-likeness (QED) is 0.890. The van der Waals surface area contributed by atoms with E-state index in [0.29, 0.717) is 23.7 Å². The maximum absolute atomic E-state index is 11.8. The van der Waals surface area contributed by atoms with E-state index in [-0.39, 0.29) is 5.76 Å². The molecule has 2 aromatic rings. The summed E-state index contributed by atoms with van der Waals surface area (Å²) in [4.78, 5) is 16.0. The second-order valence-corrected chi connectivity index (χ2v) is 4.85. The van der Waals surface area contributed by atoms with Crippen molar-refractivity contribution in [2.45, 2.75) is 25.8 Å². The van der Waals surface area contributed by atoms with Crippen molar-refractivity contribution in [1.82, 2.24) is 14.9 Å². The van der Waals surface area contributed by atoms with Crippen LogP contribution in [-0.2, 0) is 6.54 Å². The molecule has 3 rings (SSSR count). The van der Waals surface area contributed by atoms with Crippen LogP contribution in [-0.4, -0.2) is 22.6 Å². The fourth-order valence-electron chi connectivity index (χ4n) is 2.58. The molecular weight excluding hydrogens is 230 g/mol. The van der Waals surface area contributed by atoms with Crippen LogP contribution >= 0.6 is 0 Å². The second kappa shape index (κ2) is 4.94. The van der Waals surface area contributed by atoms with Crippen LogP contribution < -0.4 is 11.1 Å². The van der Waals surface area contributed by atoms with Crippen molar-refractivity contribution < 1.29 is 4.42 Å². The first kappa shape index (κ1) is 11.5. The lowest BCUT2D eigenvalue weighted by Gasteiger charge is -2.22. The average Bonchev–Trinajstić information content (AvgIpc) is 2.73. The summed E-state index contributed by atoms with van der Waals surface area (Å²) in [5, 5.41) is 3.39. The smallest absolute Gasteiger partial charge is 0.406 e. The standard InChI is InChI=1S/C13H17N3O2/c17-13-16(8-5-10-3-1-6-14-9-10)12-11(18-13)4-2-7-15-12/h2,4,7,10,14H,1,3,5-6,8-9H2. The van der Waals surface area contributed by atoms with Crippen LogP contribution in [0.5, 0.6) is 0 Å². The normalized spacial score (nSPS) is 20.3. The summed E-state index contributed by atoms with van der Waals surface area (Å²) in [6.07, 6.45) is 5.16. The lowest BCUT2D eigenvalue weighted by Crippen LogP contribution is -2.31. The van der Waals surface area contributed by atoms with Gasteiger partial charge in [0.2, 0.25) is 0 Å². The van der Waals surface area contributed by atoms with Crippen LogP contribution in [0.2, 0.25) is 0 Å². The van der Waals surface area contributed by atoms with E-state index in [9.17, 15) is 4.79 Å². The molecule has 96 valence electrons. The van der Waals surface area contributed by atoms with Crippen molar-refractivity contribution in [1.29, 1.82) is 0 Å². The van der Waals surface area contributed by atoms with Gasteiger partial charge in [-0.05, 0) is 50.4 Å². The van der Waals surface area contributed by atoms with Crippen molar-refractivity contribution in [3.05, 3.63) is 28.9 Å². The van der Waals surface area contributed by atoms with E-state index < -0.39 is 0 Å². The molecule has 3 heterocycles. The van der Waals surface area contributed by atoms with Gasteiger partial charge < -0.3 is 9.73 Å². The minimum absolute atomic E-state index is 0.299. The summed E-state index contributed by atoms with van der Waals surface area (Å²) >= 11 is 0. The third-order valence-electron chi connectivity index (χ3n) is 3.58. The summed E-state index contributed by atoms with van der Waals surface area (Å²) < 4.78 is 6.81. The van der Waals surface area contributed by atoms with E-state index in [4.69, 9.17) is 4.42 Å². The first-order chi connectivity index (χ1) is 8.84. The number of aromatic nitrogens is 2. The Hall–Kier alpha value is -1.62. The minimum atomic E-state index is -0.299. The Morgan fingerprint density at radius 3 is 3.33 bits per heavy atom. The van der Waals surface area contributed by atoms with Crippen molar-refractivity contribution >= 4 is 11.2 Å². The molecule has 1 aliphatic heterocycles. The van der Waals surface area contributed by atoms with E-state index in [1.165, 1.54) is 12.8 Å². The first-order valence-corrected chi connectivity index (χ1v) is 6.49. The third-order valence-corrected chi connectivity index (χ3v) is 3.58. The van der Waals surface area contributed by atoms with Crippen molar-refractivity contribution in [3.63, 3.8) is 0 Å². The predicted octanol–water partition coefficient (Wildman–Crippen LogP) is 1.38. The Morgan fingerprint density at radius 2 is 2.50 bits per heavy atom. The van der Waals surface area contributed by atoms with E-state index in [2.05, 4.69) is 10.3 Å². The first-order valence-electron chi connectivity index (χ1n) is 6.49. The highest BCUT2D eigenvalue weighted by atomic mass is 16.4. The van der Waals surface area contributed by atoms with Crippen LogP contribution in [0.1, 0.15) is 19.3 Å². The van der Waals surface area contributed by atoms with Gasteiger partial charge in [0.15, 0.2) is 11.2 Å². The molecule has 1 unspecified atom stereocenters. The molecule has 0 amide bonds. The van der Waals surface area contributed by atoms with Gasteiger partial charge in [-0.25, -0.2) is 9.78 Å². The molecule has 1 N–H and O–H groups in total. The van der Waals surface area contributed by atoms with Crippen molar-refractivity contribution in [2.75, 3.05) is 13.1 Å². The summed E-state index contributed by atoms with van der Waals surface area (Å²) in [6.45, 7) is 2.86. The fourth-order valence-corrected chi connectivity index (χ4v) is 2.58. The Balaban J connectivity index is 1.77. The zero-order valence-corrected chi connectivity index (χ0v) is 10.3. The number of fused-ring (bicyclic) bond motifs is 1. The number of nitrogens with one attached hydrogen (secondary N) is 1. The van der Waals surface area contributed by atoms with Gasteiger partial charge in [-0.2, -0.15) is 0 Å². The van der Waals surface area contributed by atoms with E-state index >= 15 is 0 Å². The molecule has 1 aliphatic rings. The average molecular weight is 247 g/mol.